The number of aromatic amines is 1. The molecule has 0 aromatic carbocycles. The van der Waals surface area contributed by atoms with E-state index in [2.05, 4.69) is 20.6 Å². The van der Waals surface area contributed by atoms with Gasteiger partial charge in [0.1, 0.15) is 5.82 Å². The molecule has 2 rings (SSSR count). The molecule has 0 atom stereocenters. The zero-order valence-electron chi connectivity index (χ0n) is 7.71. The van der Waals surface area contributed by atoms with Crippen LogP contribution in [0.25, 0.3) is 0 Å². The Hall–Kier alpha value is -0.870. The van der Waals surface area contributed by atoms with Crippen LogP contribution in [0.2, 0.25) is 0 Å². The molecule has 0 spiro atoms. The lowest BCUT2D eigenvalue weighted by Crippen LogP contribution is -2.55. The predicted octanol–water partition coefficient (Wildman–Crippen LogP) is -0.0963. The number of rotatable bonds is 5. The zero-order chi connectivity index (χ0) is 8.93. The van der Waals surface area contributed by atoms with Gasteiger partial charge >= 0.3 is 0 Å². The van der Waals surface area contributed by atoms with E-state index in [4.69, 9.17) is 0 Å². The minimum absolute atomic E-state index is 0.705. The molecule has 0 amide bonds. The third-order valence-corrected chi connectivity index (χ3v) is 2.36. The van der Waals surface area contributed by atoms with Gasteiger partial charge in [0, 0.05) is 37.9 Å². The zero-order valence-corrected chi connectivity index (χ0v) is 7.71. The average Bonchev–Trinajstić information content (AvgIpc) is 2.53. The molecule has 4 heteroatoms. The van der Waals surface area contributed by atoms with Gasteiger partial charge < -0.3 is 15.6 Å². The highest BCUT2D eigenvalue weighted by Gasteiger charge is 2.14. The van der Waals surface area contributed by atoms with Crippen molar-refractivity contribution in [3.63, 3.8) is 0 Å². The van der Waals surface area contributed by atoms with E-state index in [0.717, 1.165) is 38.3 Å². The second-order valence-corrected chi connectivity index (χ2v) is 3.45. The van der Waals surface area contributed by atoms with Crippen molar-refractivity contribution in [2.45, 2.75) is 18.9 Å². The Morgan fingerprint density at radius 3 is 3.08 bits per heavy atom. The molecule has 0 radical (unpaired) electrons. The van der Waals surface area contributed by atoms with Gasteiger partial charge in [0.25, 0.3) is 0 Å². The van der Waals surface area contributed by atoms with Crippen molar-refractivity contribution in [3.05, 3.63) is 18.2 Å². The Morgan fingerprint density at radius 2 is 2.46 bits per heavy atom. The van der Waals surface area contributed by atoms with Crippen molar-refractivity contribution < 1.29 is 0 Å². The number of aromatic nitrogens is 2. The van der Waals surface area contributed by atoms with E-state index >= 15 is 0 Å². The summed E-state index contributed by atoms with van der Waals surface area (Å²) < 4.78 is 0. The molecule has 13 heavy (non-hydrogen) atoms. The first-order chi connectivity index (χ1) is 6.45. The highest BCUT2D eigenvalue weighted by atomic mass is 15.1. The van der Waals surface area contributed by atoms with Crippen LogP contribution in [0, 0.1) is 0 Å². The molecular weight excluding hydrogens is 164 g/mol. The second-order valence-electron chi connectivity index (χ2n) is 3.45. The summed E-state index contributed by atoms with van der Waals surface area (Å²) in [5, 5.41) is 6.71. The Balaban J connectivity index is 1.53. The number of H-pyrrole nitrogens is 1. The van der Waals surface area contributed by atoms with Crippen LogP contribution in [0.3, 0.4) is 0 Å². The molecular formula is C9H16N4. The molecule has 0 bridgehead atoms. The lowest BCUT2D eigenvalue weighted by atomic mass is 10.2. The van der Waals surface area contributed by atoms with Crippen molar-refractivity contribution >= 4 is 0 Å². The van der Waals surface area contributed by atoms with E-state index in [1.165, 1.54) is 0 Å². The van der Waals surface area contributed by atoms with Gasteiger partial charge in [-0.1, -0.05) is 0 Å². The van der Waals surface area contributed by atoms with Gasteiger partial charge in [0.05, 0.1) is 0 Å². The summed E-state index contributed by atoms with van der Waals surface area (Å²) in [4.78, 5) is 7.27. The normalized spacial score (nSPS) is 17.2. The minimum Gasteiger partial charge on any atom is -0.349 e. The van der Waals surface area contributed by atoms with Gasteiger partial charge in [-0.25, -0.2) is 4.98 Å². The van der Waals surface area contributed by atoms with Crippen molar-refractivity contribution in [3.8, 4) is 0 Å². The van der Waals surface area contributed by atoms with Crippen LogP contribution in [0.15, 0.2) is 12.4 Å². The first kappa shape index (κ1) is 8.72. The largest absolute Gasteiger partial charge is 0.349 e. The summed E-state index contributed by atoms with van der Waals surface area (Å²) in [7, 11) is 0. The van der Waals surface area contributed by atoms with Gasteiger partial charge in [0.15, 0.2) is 0 Å². The third kappa shape index (κ3) is 2.54. The van der Waals surface area contributed by atoms with Crippen LogP contribution in [-0.4, -0.2) is 35.6 Å². The Kier molecular flexibility index (Phi) is 2.94. The molecule has 3 N–H and O–H groups in total. The number of imidazole rings is 1. The SMILES string of the molecule is c1c[nH]c(CCCNC2CNC2)n1. The number of hydrogen-bond donors (Lipinski definition) is 3. The first-order valence-electron chi connectivity index (χ1n) is 4.87. The monoisotopic (exact) mass is 180 g/mol. The van der Waals surface area contributed by atoms with Crippen molar-refractivity contribution in [2.24, 2.45) is 0 Å². The molecule has 72 valence electrons. The second kappa shape index (κ2) is 4.39. The average molecular weight is 180 g/mol. The van der Waals surface area contributed by atoms with Gasteiger partial charge in [0.2, 0.25) is 0 Å². The minimum atomic E-state index is 0.705. The van der Waals surface area contributed by atoms with E-state index in [9.17, 15) is 0 Å². The fourth-order valence-corrected chi connectivity index (χ4v) is 1.43. The summed E-state index contributed by atoms with van der Waals surface area (Å²) in [6.07, 6.45) is 5.88. The lowest BCUT2D eigenvalue weighted by Gasteiger charge is -2.28. The van der Waals surface area contributed by atoms with Crippen LogP contribution in [0.1, 0.15) is 12.2 Å². The van der Waals surface area contributed by atoms with E-state index in [0.29, 0.717) is 6.04 Å². The molecule has 0 unspecified atom stereocenters. The third-order valence-electron chi connectivity index (χ3n) is 2.36. The summed E-state index contributed by atoms with van der Waals surface area (Å²) in [6.45, 7) is 3.34. The number of hydrogen-bond acceptors (Lipinski definition) is 3. The van der Waals surface area contributed by atoms with Gasteiger partial charge in [-0.05, 0) is 13.0 Å². The maximum atomic E-state index is 4.17. The highest BCUT2D eigenvalue weighted by molar-refractivity contribution is 4.87. The Bertz CT molecular complexity index is 228. The Labute approximate surface area is 78.1 Å². The molecule has 4 nitrogen and oxygen atoms in total. The topological polar surface area (TPSA) is 52.7 Å². The molecule has 0 aliphatic carbocycles. The summed E-state index contributed by atoms with van der Waals surface area (Å²) in [5.41, 5.74) is 0. The standard InChI is InChI=1S/C9H16N4/c1(2-9-12-4-5-13-9)3-11-8-6-10-7-8/h4-5,8,10-11H,1-3,6-7H2,(H,12,13). The maximum Gasteiger partial charge on any atom is 0.106 e. The van der Waals surface area contributed by atoms with Crippen LogP contribution in [-0.2, 0) is 6.42 Å². The molecule has 1 aromatic rings. The van der Waals surface area contributed by atoms with Gasteiger partial charge in [-0.3, -0.25) is 0 Å². The first-order valence-corrected chi connectivity index (χ1v) is 4.87. The lowest BCUT2D eigenvalue weighted by molar-refractivity contribution is 0.365. The van der Waals surface area contributed by atoms with E-state index in [1.807, 2.05) is 6.20 Å². The smallest absolute Gasteiger partial charge is 0.106 e. The molecule has 0 saturated carbocycles. The number of nitrogens with one attached hydrogen (secondary N) is 3. The molecule has 1 aromatic heterocycles. The van der Waals surface area contributed by atoms with Crippen LogP contribution in [0.5, 0.6) is 0 Å². The van der Waals surface area contributed by atoms with E-state index in [1.54, 1.807) is 6.20 Å². The number of aryl methyl sites for hydroxylation is 1. The van der Waals surface area contributed by atoms with Crippen molar-refractivity contribution in [1.29, 1.82) is 0 Å². The van der Waals surface area contributed by atoms with E-state index in [-0.39, 0.29) is 0 Å². The fourth-order valence-electron chi connectivity index (χ4n) is 1.43. The maximum absolute atomic E-state index is 4.17. The Morgan fingerprint density at radius 1 is 1.54 bits per heavy atom. The van der Waals surface area contributed by atoms with Crippen LogP contribution in [0.4, 0.5) is 0 Å². The molecule has 1 aliphatic heterocycles. The van der Waals surface area contributed by atoms with Gasteiger partial charge in [-0.2, -0.15) is 0 Å². The summed E-state index contributed by atoms with van der Waals surface area (Å²) in [5.74, 6) is 1.09. The summed E-state index contributed by atoms with van der Waals surface area (Å²) >= 11 is 0. The summed E-state index contributed by atoms with van der Waals surface area (Å²) in [6, 6.07) is 0.705. The predicted molar refractivity (Wildman–Crippen MR) is 51.6 cm³/mol. The van der Waals surface area contributed by atoms with Crippen molar-refractivity contribution in [1.82, 2.24) is 20.6 Å². The molecule has 1 saturated heterocycles. The fraction of sp³-hybridized carbons (Fsp3) is 0.667. The van der Waals surface area contributed by atoms with Gasteiger partial charge in [-0.15, -0.1) is 0 Å². The van der Waals surface area contributed by atoms with Crippen LogP contribution < -0.4 is 10.6 Å². The van der Waals surface area contributed by atoms with Crippen LogP contribution >= 0.6 is 0 Å². The number of nitrogens with zero attached hydrogens (tertiary/aromatic N) is 1. The van der Waals surface area contributed by atoms with Crippen molar-refractivity contribution in [2.75, 3.05) is 19.6 Å². The van der Waals surface area contributed by atoms with E-state index < -0.39 is 0 Å². The molecule has 2 heterocycles. The highest BCUT2D eigenvalue weighted by Crippen LogP contribution is 1.95. The molecule has 1 aliphatic rings. The molecule has 1 fully saturated rings. The quantitative estimate of drug-likeness (QED) is 0.555.